The number of hydrogen-bond acceptors (Lipinski definition) is 5. The number of amides is 1. The molecular weight excluding hydrogens is 438 g/mol. The Hall–Kier alpha value is -3.22. The van der Waals surface area contributed by atoms with E-state index in [0.29, 0.717) is 26.1 Å². The quantitative estimate of drug-likeness (QED) is 0.578. The van der Waals surface area contributed by atoms with Crippen LogP contribution in [0, 0.1) is 5.92 Å². The molecule has 1 aromatic heterocycles. The van der Waals surface area contributed by atoms with Gasteiger partial charge in [0, 0.05) is 57.1 Å². The SMILES string of the molecule is O=C(CCN1Cc2ccccc2O[C@@H](c2ccccc2)C1)N1CCC([C@H](O)c2cccnc2)CC1. The van der Waals surface area contributed by atoms with Crippen molar-refractivity contribution in [2.24, 2.45) is 5.92 Å². The molecule has 6 nitrogen and oxygen atoms in total. The largest absolute Gasteiger partial charge is 0.484 e. The summed E-state index contributed by atoms with van der Waals surface area (Å²) < 4.78 is 6.40. The van der Waals surface area contributed by atoms with Crippen LogP contribution in [0.3, 0.4) is 0 Å². The fourth-order valence-electron chi connectivity index (χ4n) is 5.19. The molecule has 35 heavy (non-hydrogen) atoms. The van der Waals surface area contributed by atoms with E-state index in [1.165, 1.54) is 0 Å². The number of carbonyl (C=O) groups excluding carboxylic acids is 1. The molecule has 0 spiro atoms. The normalized spacial score (nSPS) is 19.9. The lowest BCUT2D eigenvalue weighted by Gasteiger charge is -2.34. The van der Waals surface area contributed by atoms with Crippen LogP contribution >= 0.6 is 0 Å². The number of hydrogen-bond donors (Lipinski definition) is 1. The highest BCUT2D eigenvalue weighted by molar-refractivity contribution is 5.76. The number of nitrogens with zero attached hydrogens (tertiary/aromatic N) is 3. The zero-order valence-electron chi connectivity index (χ0n) is 20.0. The smallest absolute Gasteiger partial charge is 0.223 e. The van der Waals surface area contributed by atoms with Gasteiger partial charge in [0.15, 0.2) is 0 Å². The number of carbonyl (C=O) groups is 1. The van der Waals surface area contributed by atoms with Gasteiger partial charge in [0.05, 0.1) is 6.10 Å². The Kier molecular flexibility index (Phi) is 7.40. The molecule has 3 heterocycles. The molecule has 0 unspecified atom stereocenters. The minimum atomic E-state index is -0.520. The van der Waals surface area contributed by atoms with E-state index in [1.807, 2.05) is 53.4 Å². The Balaban J connectivity index is 1.18. The number of pyridine rings is 1. The first-order valence-electron chi connectivity index (χ1n) is 12.5. The predicted molar refractivity (Wildman–Crippen MR) is 135 cm³/mol. The highest BCUT2D eigenvalue weighted by atomic mass is 16.5. The lowest BCUT2D eigenvalue weighted by Crippen LogP contribution is -2.41. The first-order valence-corrected chi connectivity index (χ1v) is 12.5. The molecule has 0 aliphatic carbocycles. The van der Waals surface area contributed by atoms with Gasteiger partial charge in [0.1, 0.15) is 11.9 Å². The van der Waals surface area contributed by atoms with Crippen LogP contribution in [0.1, 0.15) is 48.2 Å². The summed E-state index contributed by atoms with van der Waals surface area (Å²) in [5.41, 5.74) is 3.16. The van der Waals surface area contributed by atoms with E-state index in [9.17, 15) is 9.90 Å². The maximum Gasteiger partial charge on any atom is 0.223 e. The van der Waals surface area contributed by atoms with Crippen molar-refractivity contribution >= 4 is 5.91 Å². The summed E-state index contributed by atoms with van der Waals surface area (Å²) in [6.45, 7) is 3.59. The number of aliphatic hydroxyl groups is 1. The average Bonchev–Trinajstić information content (AvgIpc) is 3.12. The standard InChI is InChI=1S/C29H33N3O3/c33-28(32-17-12-23(13-18-32)29(34)24-10-6-15-30-19-24)14-16-31-20-25-9-4-5-11-26(25)35-27(21-31)22-7-2-1-3-8-22/h1-11,15,19,23,27,29,34H,12-14,16-18,20-21H2/t27-,29+/m1/s1. The number of aliphatic hydroxyl groups excluding tert-OH is 1. The zero-order valence-corrected chi connectivity index (χ0v) is 20.0. The van der Waals surface area contributed by atoms with Crippen molar-refractivity contribution in [2.75, 3.05) is 26.2 Å². The van der Waals surface area contributed by atoms with Crippen molar-refractivity contribution in [3.63, 3.8) is 0 Å². The first-order chi connectivity index (χ1) is 17.2. The monoisotopic (exact) mass is 471 g/mol. The predicted octanol–water partition coefficient (Wildman–Crippen LogP) is 4.38. The van der Waals surface area contributed by atoms with Gasteiger partial charge in [-0.2, -0.15) is 0 Å². The topological polar surface area (TPSA) is 65.9 Å². The summed E-state index contributed by atoms with van der Waals surface area (Å²) in [6, 6.07) is 22.3. The molecule has 5 rings (SSSR count). The Morgan fingerprint density at radius 2 is 1.80 bits per heavy atom. The van der Waals surface area contributed by atoms with Crippen molar-refractivity contribution in [1.82, 2.24) is 14.8 Å². The van der Waals surface area contributed by atoms with Crippen LogP contribution in [0.5, 0.6) is 5.75 Å². The number of aromatic nitrogens is 1. The first kappa shape index (κ1) is 23.5. The summed E-state index contributed by atoms with van der Waals surface area (Å²) in [4.78, 5) is 21.5. The van der Waals surface area contributed by atoms with Gasteiger partial charge in [-0.1, -0.05) is 54.6 Å². The minimum Gasteiger partial charge on any atom is -0.484 e. The number of piperidine rings is 1. The molecule has 3 aromatic rings. The fraction of sp³-hybridized carbons (Fsp3) is 0.379. The van der Waals surface area contributed by atoms with Crippen LogP contribution in [0.15, 0.2) is 79.1 Å². The number of benzene rings is 2. The van der Waals surface area contributed by atoms with E-state index in [2.05, 4.69) is 28.1 Å². The summed E-state index contributed by atoms with van der Waals surface area (Å²) >= 11 is 0. The fourth-order valence-corrected chi connectivity index (χ4v) is 5.19. The number of likely N-dealkylation sites (tertiary alicyclic amines) is 1. The molecule has 182 valence electrons. The van der Waals surface area contributed by atoms with Gasteiger partial charge in [-0.25, -0.2) is 0 Å². The second kappa shape index (κ2) is 11.0. The van der Waals surface area contributed by atoms with E-state index in [0.717, 1.165) is 48.4 Å². The van der Waals surface area contributed by atoms with Crippen LogP contribution in [-0.4, -0.2) is 52.0 Å². The Morgan fingerprint density at radius 1 is 1.03 bits per heavy atom. The third kappa shape index (κ3) is 5.72. The van der Waals surface area contributed by atoms with Gasteiger partial charge in [-0.3, -0.25) is 14.7 Å². The van der Waals surface area contributed by atoms with Gasteiger partial charge >= 0.3 is 0 Å². The second-order valence-electron chi connectivity index (χ2n) is 9.56. The second-order valence-corrected chi connectivity index (χ2v) is 9.56. The molecule has 1 amide bonds. The van der Waals surface area contributed by atoms with Crippen molar-refractivity contribution < 1.29 is 14.6 Å². The summed E-state index contributed by atoms with van der Waals surface area (Å²) in [5, 5.41) is 10.7. The van der Waals surface area contributed by atoms with E-state index >= 15 is 0 Å². The molecule has 0 saturated carbocycles. The molecule has 2 aromatic carbocycles. The zero-order chi connectivity index (χ0) is 24.0. The highest BCUT2D eigenvalue weighted by Crippen LogP contribution is 2.32. The van der Waals surface area contributed by atoms with Gasteiger partial charge in [-0.15, -0.1) is 0 Å². The lowest BCUT2D eigenvalue weighted by atomic mass is 9.88. The van der Waals surface area contributed by atoms with Crippen LogP contribution in [-0.2, 0) is 11.3 Å². The van der Waals surface area contributed by atoms with E-state index in [4.69, 9.17) is 4.74 Å². The maximum absolute atomic E-state index is 13.1. The van der Waals surface area contributed by atoms with Crippen LogP contribution < -0.4 is 4.74 Å². The van der Waals surface area contributed by atoms with Crippen LogP contribution in [0.4, 0.5) is 0 Å². The third-order valence-corrected chi connectivity index (χ3v) is 7.24. The van der Waals surface area contributed by atoms with Crippen molar-refractivity contribution in [1.29, 1.82) is 0 Å². The Labute approximate surface area is 207 Å². The van der Waals surface area contributed by atoms with Crippen LogP contribution in [0.2, 0.25) is 0 Å². The van der Waals surface area contributed by atoms with Gasteiger partial charge < -0.3 is 14.7 Å². The number of para-hydroxylation sites is 1. The third-order valence-electron chi connectivity index (χ3n) is 7.24. The molecule has 2 atom stereocenters. The maximum atomic E-state index is 13.1. The lowest BCUT2D eigenvalue weighted by molar-refractivity contribution is -0.133. The van der Waals surface area contributed by atoms with Gasteiger partial charge in [0.2, 0.25) is 5.91 Å². The molecular formula is C29H33N3O3. The van der Waals surface area contributed by atoms with E-state index in [-0.39, 0.29) is 17.9 Å². The highest BCUT2D eigenvalue weighted by Gasteiger charge is 2.29. The molecule has 2 aliphatic rings. The van der Waals surface area contributed by atoms with Crippen LogP contribution in [0.25, 0.3) is 0 Å². The summed E-state index contributed by atoms with van der Waals surface area (Å²) in [6.07, 6.45) is 4.96. The molecule has 0 radical (unpaired) electrons. The van der Waals surface area contributed by atoms with Crippen molar-refractivity contribution in [3.05, 3.63) is 95.8 Å². The van der Waals surface area contributed by atoms with E-state index < -0.39 is 6.10 Å². The average molecular weight is 472 g/mol. The summed E-state index contributed by atoms with van der Waals surface area (Å²) in [7, 11) is 0. The number of ether oxygens (including phenoxy) is 1. The minimum absolute atomic E-state index is 0.0698. The molecule has 6 heteroatoms. The van der Waals surface area contributed by atoms with E-state index in [1.54, 1.807) is 12.4 Å². The van der Waals surface area contributed by atoms with Crippen molar-refractivity contribution in [2.45, 2.75) is 38.0 Å². The number of fused-ring (bicyclic) bond motifs is 1. The number of rotatable bonds is 6. The summed E-state index contributed by atoms with van der Waals surface area (Å²) in [5.74, 6) is 1.27. The van der Waals surface area contributed by atoms with Gasteiger partial charge in [0.25, 0.3) is 0 Å². The molecule has 1 fully saturated rings. The molecule has 0 bridgehead atoms. The Morgan fingerprint density at radius 3 is 2.57 bits per heavy atom. The molecule has 2 aliphatic heterocycles. The van der Waals surface area contributed by atoms with Gasteiger partial charge in [-0.05, 0) is 42.0 Å². The molecule has 1 N–H and O–H groups in total. The van der Waals surface area contributed by atoms with Crippen molar-refractivity contribution in [3.8, 4) is 5.75 Å². The molecule has 1 saturated heterocycles. The Bertz CT molecular complexity index is 1100.